The second-order valence-electron chi connectivity index (χ2n) is 5.69. The van der Waals surface area contributed by atoms with Gasteiger partial charge in [0.1, 0.15) is 5.82 Å². The quantitative estimate of drug-likeness (QED) is 0.744. The number of aryl methyl sites for hydroxylation is 1. The Morgan fingerprint density at radius 3 is 2.64 bits per heavy atom. The minimum atomic E-state index is -0.302. The Balaban J connectivity index is 1.53. The van der Waals surface area contributed by atoms with Crippen molar-refractivity contribution in [3.05, 3.63) is 72.3 Å². The Labute approximate surface area is 144 Å². The van der Waals surface area contributed by atoms with Gasteiger partial charge >= 0.3 is 0 Å². The maximum Gasteiger partial charge on any atom is 0.220 e. The van der Waals surface area contributed by atoms with Crippen LogP contribution in [0, 0.1) is 5.82 Å². The minimum absolute atomic E-state index is 0.0779. The molecule has 1 atom stereocenters. The zero-order valence-corrected chi connectivity index (χ0v) is 13.8. The molecule has 0 fully saturated rings. The molecule has 0 unspecified atom stereocenters. The van der Waals surface area contributed by atoms with E-state index in [-0.39, 0.29) is 24.2 Å². The molecule has 5 nitrogen and oxygen atoms in total. The molecule has 0 saturated carbocycles. The summed E-state index contributed by atoms with van der Waals surface area (Å²) >= 11 is 0. The molecule has 0 aliphatic heterocycles. The number of carbonyl (C=O) groups is 1. The van der Waals surface area contributed by atoms with Gasteiger partial charge in [-0.05, 0) is 48.9 Å². The number of amides is 1. The molecular formula is C19H18FN3O2. The highest BCUT2D eigenvalue weighted by atomic mass is 19.1. The van der Waals surface area contributed by atoms with Gasteiger partial charge in [0.15, 0.2) is 11.7 Å². The van der Waals surface area contributed by atoms with Gasteiger partial charge in [0.2, 0.25) is 5.91 Å². The van der Waals surface area contributed by atoms with Crippen molar-refractivity contribution in [3.63, 3.8) is 0 Å². The first kappa shape index (κ1) is 16.8. The van der Waals surface area contributed by atoms with Crippen LogP contribution in [0.5, 0.6) is 0 Å². The lowest BCUT2D eigenvalue weighted by Gasteiger charge is -2.13. The second-order valence-corrected chi connectivity index (χ2v) is 5.69. The summed E-state index contributed by atoms with van der Waals surface area (Å²) in [5, 5.41) is 2.93. The van der Waals surface area contributed by atoms with E-state index < -0.39 is 0 Å². The first-order chi connectivity index (χ1) is 12.1. The molecule has 128 valence electrons. The zero-order chi connectivity index (χ0) is 17.6. The number of aromatic nitrogens is 2. The van der Waals surface area contributed by atoms with E-state index in [1.807, 2.05) is 19.1 Å². The van der Waals surface area contributed by atoms with Crippen LogP contribution in [0.25, 0.3) is 11.3 Å². The Morgan fingerprint density at radius 1 is 1.20 bits per heavy atom. The highest BCUT2D eigenvalue weighted by Crippen LogP contribution is 2.21. The molecule has 6 heteroatoms. The molecule has 25 heavy (non-hydrogen) atoms. The van der Waals surface area contributed by atoms with Crippen LogP contribution in [0.3, 0.4) is 0 Å². The standard InChI is InChI=1S/C19H18FN3O2/c1-13(14-8-10-21-11-9-14)23-18(24)6-7-19-22-12-17(25-19)15-2-4-16(20)5-3-15/h2-5,8-13H,6-7H2,1H3,(H,23,24)/t13-/m0/s1. The van der Waals surface area contributed by atoms with Crippen LogP contribution in [0.15, 0.2) is 59.4 Å². The summed E-state index contributed by atoms with van der Waals surface area (Å²) in [7, 11) is 0. The summed E-state index contributed by atoms with van der Waals surface area (Å²) in [6.45, 7) is 1.92. The molecule has 0 saturated heterocycles. The maximum absolute atomic E-state index is 12.9. The molecule has 3 aromatic rings. The van der Waals surface area contributed by atoms with E-state index in [1.54, 1.807) is 30.7 Å². The van der Waals surface area contributed by atoms with E-state index in [9.17, 15) is 9.18 Å². The third-order valence-corrected chi connectivity index (χ3v) is 3.83. The topological polar surface area (TPSA) is 68.0 Å². The number of halogens is 1. The number of benzene rings is 1. The third-order valence-electron chi connectivity index (χ3n) is 3.83. The predicted molar refractivity (Wildman–Crippen MR) is 91.0 cm³/mol. The second kappa shape index (κ2) is 7.70. The highest BCUT2D eigenvalue weighted by Gasteiger charge is 2.12. The third kappa shape index (κ3) is 4.50. The van der Waals surface area contributed by atoms with Crippen molar-refractivity contribution in [2.75, 3.05) is 0 Å². The van der Waals surface area contributed by atoms with Crippen molar-refractivity contribution in [1.82, 2.24) is 15.3 Å². The summed E-state index contributed by atoms with van der Waals surface area (Å²) in [4.78, 5) is 20.2. The number of hydrogen-bond acceptors (Lipinski definition) is 4. The fourth-order valence-electron chi connectivity index (χ4n) is 2.44. The van der Waals surface area contributed by atoms with Gasteiger partial charge in [-0.2, -0.15) is 0 Å². The van der Waals surface area contributed by atoms with Crippen LogP contribution in [0.2, 0.25) is 0 Å². The van der Waals surface area contributed by atoms with Crippen LogP contribution in [-0.2, 0) is 11.2 Å². The smallest absolute Gasteiger partial charge is 0.220 e. The Bertz CT molecular complexity index is 831. The molecule has 1 N–H and O–H groups in total. The highest BCUT2D eigenvalue weighted by molar-refractivity contribution is 5.76. The van der Waals surface area contributed by atoms with Crippen LogP contribution >= 0.6 is 0 Å². The molecule has 0 aliphatic rings. The van der Waals surface area contributed by atoms with Gasteiger partial charge in [0.05, 0.1) is 12.2 Å². The Morgan fingerprint density at radius 2 is 1.92 bits per heavy atom. The lowest BCUT2D eigenvalue weighted by Crippen LogP contribution is -2.26. The average molecular weight is 339 g/mol. The van der Waals surface area contributed by atoms with Crippen LogP contribution in [-0.4, -0.2) is 15.9 Å². The van der Waals surface area contributed by atoms with Gasteiger partial charge < -0.3 is 9.73 Å². The van der Waals surface area contributed by atoms with Gasteiger partial charge in [0.25, 0.3) is 0 Å². The molecular weight excluding hydrogens is 321 g/mol. The van der Waals surface area contributed by atoms with E-state index in [0.29, 0.717) is 18.1 Å². The van der Waals surface area contributed by atoms with Crippen molar-refractivity contribution in [2.45, 2.75) is 25.8 Å². The van der Waals surface area contributed by atoms with Gasteiger partial charge in [-0.1, -0.05) is 0 Å². The van der Waals surface area contributed by atoms with E-state index in [2.05, 4.69) is 15.3 Å². The first-order valence-electron chi connectivity index (χ1n) is 8.02. The number of rotatable bonds is 6. The van der Waals surface area contributed by atoms with Gasteiger partial charge in [-0.15, -0.1) is 0 Å². The molecule has 2 heterocycles. The summed E-state index contributed by atoms with van der Waals surface area (Å²) in [5.41, 5.74) is 1.74. The number of carbonyl (C=O) groups excluding carboxylic acids is 1. The van der Waals surface area contributed by atoms with E-state index in [1.165, 1.54) is 12.1 Å². The lowest BCUT2D eigenvalue weighted by atomic mass is 10.1. The molecule has 0 bridgehead atoms. The van der Waals surface area contributed by atoms with Crippen molar-refractivity contribution >= 4 is 5.91 Å². The minimum Gasteiger partial charge on any atom is -0.441 e. The Hall–Kier alpha value is -3.02. The van der Waals surface area contributed by atoms with Gasteiger partial charge in [-0.25, -0.2) is 9.37 Å². The molecule has 0 spiro atoms. The monoisotopic (exact) mass is 339 g/mol. The maximum atomic E-state index is 12.9. The van der Waals surface area contributed by atoms with Gasteiger partial charge in [-0.3, -0.25) is 9.78 Å². The lowest BCUT2D eigenvalue weighted by molar-refractivity contribution is -0.121. The normalized spacial score (nSPS) is 11.9. The molecule has 1 amide bonds. The number of oxazole rings is 1. The van der Waals surface area contributed by atoms with E-state index in [4.69, 9.17) is 4.42 Å². The molecule has 3 rings (SSSR count). The zero-order valence-electron chi connectivity index (χ0n) is 13.8. The number of nitrogens with one attached hydrogen (secondary N) is 1. The van der Waals surface area contributed by atoms with Crippen molar-refractivity contribution < 1.29 is 13.6 Å². The van der Waals surface area contributed by atoms with Crippen molar-refractivity contribution in [1.29, 1.82) is 0 Å². The summed E-state index contributed by atoms with van der Waals surface area (Å²) in [6, 6.07) is 9.64. The fourth-order valence-corrected chi connectivity index (χ4v) is 2.44. The summed E-state index contributed by atoms with van der Waals surface area (Å²) < 4.78 is 18.6. The summed E-state index contributed by atoms with van der Waals surface area (Å²) in [6.07, 6.45) is 5.65. The predicted octanol–water partition coefficient (Wildman–Crippen LogP) is 3.69. The molecule has 2 aromatic heterocycles. The fraction of sp³-hybridized carbons (Fsp3) is 0.211. The van der Waals surface area contributed by atoms with Crippen LogP contribution < -0.4 is 5.32 Å². The van der Waals surface area contributed by atoms with Gasteiger partial charge in [0, 0.05) is 30.8 Å². The Kier molecular flexibility index (Phi) is 5.18. The number of pyridine rings is 1. The van der Waals surface area contributed by atoms with E-state index >= 15 is 0 Å². The average Bonchev–Trinajstić information content (AvgIpc) is 3.10. The van der Waals surface area contributed by atoms with Crippen LogP contribution in [0.4, 0.5) is 4.39 Å². The van der Waals surface area contributed by atoms with E-state index in [0.717, 1.165) is 11.1 Å². The SMILES string of the molecule is C[C@H](NC(=O)CCc1ncc(-c2ccc(F)cc2)o1)c1ccncc1. The number of hydrogen-bond donors (Lipinski definition) is 1. The summed E-state index contributed by atoms with van der Waals surface area (Å²) in [5.74, 6) is 0.654. The molecule has 1 aromatic carbocycles. The largest absolute Gasteiger partial charge is 0.441 e. The molecule has 0 radical (unpaired) electrons. The van der Waals surface area contributed by atoms with Crippen LogP contribution in [0.1, 0.15) is 30.8 Å². The number of nitrogens with zero attached hydrogens (tertiary/aromatic N) is 2. The molecule has 0 aliphatic carbocycles. The van der Waals surface area contributed by atoms with Crippen molar-refractivity contribution in [2.24, 2.45) is 0 Å². The van der Waals surface area contributed by atoms with Crippen molar-refractivity contribution in [3.8, 4) is 11.3 Å². The first-order valence-corrected chi connectivity index (χ1v) is 8.02.